The van der Waals surface area contributed by atoms with Crippen molar-refractivity contribution in [3.63, 3.8) is 0 Å². The van der Waals surface area contributed by atoms with Crippen LogP contribution in [0.4, 0.5) is 5.69 Å². The molecule has 1 aromatic rings. The topological polar surface area (TPSA) is 102 Å². The number of hydrogen-bond donors (Lipinski definition) is 2. The maximum Gasteiger partial charge on any atom is 0.251 e. The van der Waals surface area contributed by atoms with E-state index in [9.17, 15) is 13.2 Å². The Morgan fingerprint density at radius 1 is 1.40 bits per heavy atom. The number of nitrogens with zero attached hydrogens (tertiary/aromatic N) is 1. The molecule has 0 heterocycles. The van der Waals surface area contributed by atoms with Gasteiger partial charge in [0.15, 0.2) is 0 Å². The third-order valence-corrected chi connectivity index (χ3v) is 4.53. The summed E-state index contributed by atoms with van der Waals surface area (Å²) in [7, 11) is 1.03. The van der Waals surface area contributed by atoms with Gasteiger partial charge in [0.25, 0.3) is 5.91 Å². The molecule has 0 radical (unpaired) electrons. The van der Waals surface area contributed by atoms with Crippen LogP contribution in [0.1, 0.15) is 10.4 Å². The lowest BCUT2D eigenvalue weighted by Crippen LogP contribution is -2.33. The summed E-state index contributed by atoms with van der Waals surface area (Å²) in [6, 6.07) is 4.61. The van der Waals surface area contributed by atoms with E-state index in [-0.39, 0.29) is 18.2 Å². The molecule has 0 unspecified atom stereocenters. The number of nitrogens with one attached hydrogen (secondary N) is 1. The predicted molar refractivity (Wildman–Crippen MR) is 77.2 cm³/mol. The molecule has 0 bridgehead atoms. The fraction of sp³-hybridized carbons (Fsp3) is 0.417. The highest BCUT2D eigenvalue weighted by atomic mass is 32.2. The lowest BCUT2D eigenvalue weighted by molar-refractivity contribution is 0.0955. The van der Waals surface area contributed by atoms with Crippen LogP contribution in [-0.2, 0) is 10.0 Å². The smallest absolute Gasteiger partial charge is 0.251 e. The van der Waals surface area contributed by atoms with Gasteiger partial charge >= 0.3 is 0 Å². The summed E-state index contributed by atoms with van der Waals surface area (Å²) < 4.78 is 29.2. The zero-order valence-corrected chi connectivity index (χ0v) is 12.5. The SMILES string of the molecule is COc1cc(C(=O)NCCS(=O)(=O)N(C)C)ccc1N. The van der Waals surface area contributed by atoms with Crippen molar-refractivity contribution in [1.82, 2.24) is 9.62 Å². The van der Waals surface area contributed by atoms with Crippen LogP contribution >= 0.6 is 0 Å². The van der Waals surface area contributed by atoms with E-state index < -0.39 is 10.0 Å². The minimum Gasteiger partial charge on any atom is -0.495 e. The fourth-order valence-corrected chi connectivity index (χ4v) is 2.16. The van der Waals surface area contributed by atoms with Crippen LogP contribution in [0, 0.1) is 0 Å². The zero-order chi connectivity index (χ0) is 15.3. The number of methoxy groups -OCH3 is 1. The number of carbonyl (C=O) groups excluding carboxylic acids is 1. The first-order valence-electron chi connectivity index (χ1n) is 5.90. The summed E-state index contributed by atoms with van der Waals surface area (Å²) in [5.41, 5.74) is 6.44. The van der Waals surface area contributed by atoms with Gasteiger partial charge in [-0.1, -0.05) is 0 Å². The first-order chi connectivity index (χ1) is 9.27. The molecule has 7 nitrogen and oxygen atoms in total. The predicted octanol–water partition coefficient (Wildman–Crippen LogP) is -0.101. The van der Waals surface area contributed by atoms with Gasteiger partial charge in [-0.3, -0.25) is 4.79 Å². The van der Waals surface area contributed by atoms with Crippen LogP contribution < -0.4 is 15.8 Å². The number of benzene rings is 1. The lowest BCUT2D eigenvalue weighted by atomic mass is 10.2. The van der Waals surface area contributed by atoms with Crippen molar-refractivity contribution in [2.75, 3.05) is 39.2 Å². The van der Waals surface area contributed by atoms with Gasteiger partial charge < -0.3 is 15.8 Å². The van der Waals surface area contributed by atoms with Crippen LogP contribution in [0.5, 0.6) is 5.75 Å². The number of anilines is 1. The second-order valence-electron chi connectivity index (χ2n) is 4.31. The Hall–Kier alpha value is -1.80. The molecule has 0 aliphatic carbocycles. The van der Waals surface area contributed by atoms with Gasteiger partial charge in [-0.15, -0.1) is 0 Å². The highest BCUT2D eigenvalue weighted by molar-refractivity contribution is 7.89. The Labute approximate surface area is 118 Å². The van der Waals surface area contributed by atoms with Crippen LogP contribution in [0.15, 0.2) is 18.2 Å². The van der Waals surface area contributed by atoms with Crippen molar-refractivity contribution in [3.05, 3.63) is 23.8 Å². The number of carbonyl (C=O) groups is 1. The van der Waals surface area contributed by atoms with E-state index in [1.807, 2.05) is 0 Å². The first-order valence-corrected chi connectivity index (χ1v) is 7.50. The maximum atomic E-state index is 11.9. The van der Waals surface area contributed by atoms with Crippen LogP contribution in [0.25, 0.3) is 0 Å². The Kier molecular flexibility index (Phi) is 5.34. The van der Waals surface area contributed by atoms with E-state index in [1.165, 1.54) is 27.3 Å². The fourth-order valence-electron chi connectivity index (χ4n) is 1.43. The summed E-state index contributed by atoms with van der Waals surface area (Å²) >= 11 is 0. The molecule has 0 spiro atoms. The molecular formula is C12H19N3O4S. The van der Waals surface area contributed by atoms with Crippen molar-refractivity contribution in [2.24, 2.45) is 0 Å². The number of rotatable bonds is 6. The van der Waals surface area contributed by atoms with Gasteiger partial charge in [0.05, 0.1) is 18.6 Å². The minimum atomic E-state index is -3.32. The lowest BCUT2D eigenvalue weighted by Gasteiger charge is -2.12. The Bertz CT molecular complexity index is 584. The number of amides is 1. The minimum absolute atomic E-state index is 0.0338. The summed E-state index contributed by atoms with van der Waals surface area (Å²) in [6.45, 7) is 0.0338. The first kappa shape index (κ1) is 16.3. The summed E-state index contributed by atoms with van der Waals surface area (Å²) in [4.78, 5) is 11.9. The third-order valence-electron chi connectivity index (χ3n) is 2.70. The molecule has 0 aliphatic rings. The van der Waals surface area contributed by atoms with E-state index in [2.05, 4.69) is 5.32 Å². The molecule has 8 heteroatoms. The van der Waals surface area contributed by atoms with Gasteiger partial charge in [0, 0.05) is 26.2 Å². The summed E-state index contributed by atoms with van der Waals surface area (Å²) in [6.07, 6.45) is 0. The van der Waals surface area contributed by atoms with E-state index in [1.54, 1.807) is 12.1 Å². The molecule has 0 aliphatic heterocycles. The molecule has 0 atom stereocenters. The third kappa shape index (κ3) is 4.10. The molecule has 0 aromatic heterocycles. The number of nitrogen functional groups attached to an aromatic ring is 1. The van der Waals surface area contributed by atoms with E-state index >= 15 is 0 Å². The van der Waals surface area contributed by atoms with Gasteiger partial charge in [-0.25, -0.2) is 12.7 Å². The van der Waals surface area contributed by atoms with Crippen LogP contribution in [-0.4, -0.2) is 52.1 Å². The molecule has 3 N–H and O–H groups in total. The van der Waals surface area contributed by atoms with Crippen molar-refractivity contribution < 1.29 is 17.9 Å². The van der Waals surface area contributed by atoms with E-state index in [0.717, 1.165) is 4.31 Å². The molecule has 0 saturated heterocycles. The largest absolute Gasteiger partial charge is 0.495 e. The number of ether oxygens (including phenoxy) is 1. The molecule has 1 aromatic carbocycles. The Morgan fingerprint density at radius 3 is 2.60 bits per heavy atom. The van der Waals surface area contributed by atoms with Crippen LogP contribution in [0.3, 0.4) is 0 Å². The van der Waals surface area contributed by atoms with Gasteiger partial charge in [-0.05, 0) is 18.2 Å². The maximum absolute atomic E-state index is 11.9. The summed E-state index contributed by atoms with van der Waals surface area (Å²) in [5.74, 6) is -0.131. The average Bonchev–Trinajstić information content (AvgIpc) is 2.38. The van der Waals surface area contributed by atoms with Crippen molar-refractivity contribution in [2.45, 2.75) is 0 Å². The van der Waals surface area contributed by atoms with Gasteiger partial charge in [-0.2, -0.15) is 0 Å². The molecule has 112 valence electrons. The number of sulfonamides is 1. The molecule has 0 saturated carbocycles. The molecule has 1 rings (SSSR count). The second kappa shape index (κ2) is 6.58. The zero-order valence-electron chi connectivity index (χ0n) is 11.7. The van der Waals surface area contributed by atoms with E-state index in [4.69, 9.17) is 10.5 Å². The monoisotopic (exact) mass is 301 g/mol. The van der Waals surface area contributed by atoms with Crippen molar-refractivity contribution in [1.29, 1.82) is 0 Å². The van der Waals surface area contributed by atoms with Crippen molar-refractivity contribution in [3.8, 4) is 5.75 Å². The molecular weight excluding hydrogens is 282 g/mol. The summed E-state index contributed by atoms with van der Waals surface area (Å²) in [5, 5.41) is 2.54. The van der Waals surface area contributed by atoms with Gasteiger partial charge in [0.1, 0.15) is 5.75 Å². The highest BCUT2D eigenvalue weighted by Gasteiger charge is 2.14. The number of hydrogen-bond acceptors (Lipinski definition) is 5. The normalized spacial score (nSPS) is 11.4. The highest BCUT2D eigenvalue weighted by Crippen LogP contribution is 2.21. The average molecular weight is 301 g/mol. The Morgan fingerprint density at radius 2 is 2.05 bits per heavy atom. The van der Waals surface area contributed by atoms with Crippen LogP contribution in [0.2, 0.25) is 0 Å². The van der Waals surface area contributed by atoms with Crippen molar-refractivity contribution >= 4 is 21.6 Å². The molecule has 20 heavy (non-hydrogen) atoms. The second-order valence-corrected chi connectivity index (χ2v) is 6.61. The molecule has 1 amide bonds. The molecule has 0 fully saturated rings. The standard InChI is InChI=1S/C12H19N3O4S/c1-15(2)20(17,18)7-6-14-12(16)9-4-5-10(13)11(8-9)19-3/h4-5,8H,6-7,13H2,1-3H3,(H,14,16). The van der Waals surface area contributed by atoms with Gasteiger partial charge in [0.2, 0.25) is 10.0 Å². The number of nitrogens with two attached hydrogens (primary N) is 1. The van der Waals surface area contributed by atoms with E-state index in [0.29, 0.717) is 17.0 Å². The quantitative estimate of drug-likeness (QED) is 0.714. The Balaban J connectivity index is 2.64.